The molecular weight excluding hydrogens is 238 g/mol. The van der Waals surface area contributed by atoms with Crippen molar-refractivity contribution in [3.05, 3.63) is 28.8 Å². The zero-order valence-corrected chi connectivity index (χ0v) is 11.6. The molecule has 2 bridgehead atoms. The first kappa shape index (κ1) is 12.5. The predicted octanol–water partition coefficient (Wildman–Crippen LogP) is 3.60. The highest BCUT2D eigenvalue weighted by Crippen LogP contribution is 2.45. The third kappa shape index (κ3) is 2.22. The van der Waals surface area contributed by atoms with E-state index in [9.17, 15) is 9.90 Å². The Morgan fingerprint density at radius 2 is 2.05 bits per heavy atom. The van der Waals surface area contributed by atoms with E-state index < -0.39 is 5.97 Å². The molecule has 3 unspecified atom stereocenters. The third-order valence-electron chi connectivity index (χ3n) is 4.99. The Kier molecular flexibility index (Phi) is 3.00. The van der Waals surface area contributed by atoms with E-state index in [1.807, 2.05) is 13.8 Å². The summed E-state index contributed by atoms with van der Waals surface area (Å²) in [6.45, 7) is 3.86. The standard InChI is InChI=1S/C16H21NO2/c1-9-5-13(8-14(10(9)2)16(18)19)17-15-7-11-3-4-12(15)6-11/h5,8,11-12,15,17H,3-4,6-7H2,1-2H3,(H,18,19). The van der Waals surface area contributed by atoms with Crippen molar-refractivity contribution in [1.82, 2.24) is 0 Å². The second kappa shape index (κ2) is 4.55. The number of carboxylic acids is 1. The fraction of sp³-hybridized carbons (Fsp3) is 0.562. The summed E-state index contributed by atoms with van der Waals surface area (Å²) in [6, 6.07) is 4.41. The van der Waals surface area contributed by atoms with Crippen LogP contribution in [0.2, 0.25) is 0 Å². The largest absolute Gasteiger partial charge is 0.478 e. The molecular formula is C16H21NO2. The van der Waals surface area contributed by atoms with E-state index in [1.165, 1.54) is 25.7 Å². The molecule has 0 aliphatic heterocycles. The van der Waals surface area contributed by atoms with Crippen molar-refractivity contribution in [3.63, 3.8) is 0 Å². The van der Waals surface area contributed by atoms with Gasteiger partial charge in [-0.3, -0.25) is 0 Å². The van der Waals surface area contributed by atoms with Crippen LogP contribution < -0.4 is 5.32 Å². The molecule has 0 saturated heterocycles. The summed E-state index contributed by atoms with van der Waals surface area (Å²) in [5, 5.41) is 12.8. The van der Waals surface area contributed by atoms with Crippen molar-refractivity contribution >= 4 is 11.7 Å². The van der Waals surface area contributed by atoms with Crippen LogP contribution in [-0.2, 0) is 0 Å². The Hall–Kier alpha value is -1.51. The fourth-order valence-electron chi connectivity index (χ4n) is 3.80. The quantitative estimate of drug-likeness (QED) is 0.872. The van der Waals surface area contributed by atoms with Crippen LogP contribution in [0.1, 0.15) is 47.2 Å². The number of aryl methyl sites for hydroxylation is 1. The normalized spacial score (nSPS) is 28.6. The lowest BCUT2D eigenvalue weighted by atomic mass is 9.94. The van der Waals surface area contributed by atoms with Crippen LogP contribution in [0.4, 0.5) is 5.69 Å². The zero-order chi connectivity index (χ0) is 13.6. The van der Waals surface area contributed by atoms with Gasteiger partial charge in [-0.25, -0.2) is 4.79 Å². The van der Waals surface area contributed by atoms with Crippen molar-refractivity contribution in [1.29, 1.82) is 0 Å². The highest BCUT2D eigenvalue weighted by Gasteiger charge is 2.39. The van der Waals surface area contributed by atoms with Gasteiger partial charge in [0.05, 0.1) is 5.56 Å². The maximum atomic E-state index is 11.3. The molecule has 2 N–H and O–H groups in total. The number of carboxylic acid groups (broad SMARTS) is 1. The van der Waals surface area contributed by atoms with Gasteiger partial charge in [0.1, 0.15) is 0 Å². The molecule has 1 aromatic carbocycles. The molecule has 3 rings (SSSR count). The van der Waals surface area contributed by atoms with Gasteiger partial charge in [0.15, 0.2) is 0 Å². The van der Waals surface area contributed by atoms with Crippen LogP contribution in [0.15, 0.2) is 12.1 Å². The number of anilines is 1. The Morgan fingerprint density at radius 3 is 2.63 bits per heavy atom. The lowest BCUT2D eigenvalue weighted by Gasteiger charge is -2.24. The molecule has 0 amide bonds. The van der Waals surface area contributed by atoms with Crippen molar-refractivity contribution in [2.24, 2.45) is 11.8 Å². The minimum Gasteiger partial charge on any atom is -0.478 e. The molecule has 2 aliphatic carbocycles. The second-order valence-electron chi connectivity index (χ2n) is 6.20. The average molecular weight is 259 g/mol. The first-order chi connectivity index (χ1) is 9.04. The minimum absolute atomic E-state index is 0.422. The van der Waals surface area contributed by atoms with Crippen LogP contribution in [0.5, 0.6) is 0 Å². The topological polar surface area (TPSA) is 49.3 Å². The highest BCUT2D eigenvalue weighted by atomic mass is 16.4. The number of fused-ring (bicyclic) bond motifs is 2. The van der Waals surface area contributed by atoms with Crippen molar-refractivity contribution in [2.45, 2.75) is 45.6 Å². The lowest BCUT2D eigenvalue weighted by molar-refractivity contribution is 0.0696. The molecule has 102 valence electrons. The van der Waals surface area contributed by atoms with Crippen molar-refractivity contribution < 1.29 is 9.90 Å². The van der Waals surface area contributed by atoms with Gasteiger partial charge in [0.25, 0.3) is 0 Å². The first-order valence-electron chi connectivity index (χ1n) is 7.15. The van der Waals surface area contributed by atoms with Gasteiger partial charge in [-0.15, -0.1) is 0 Å². The number of hydrogen-bond acceptors (Lipinski definition) is 2. The summed E-state index contributed by atoms with van der Waals surface area (Å²) in [7, 11) is 0. The number of nitrogens with one attached hydrogen (secondary N) is 1. The van der Waals surface area contributed by atoms with Crippen LogP contribution in [0.25, 0.3) is 0 Å². The summed E-state index contributed by atoms with van der Waals surface area (Å²) in [6.07, 6.45) is 5.32. The van der Waals surface area contributed by atoms with Gasteiger partial charge in [-0.05, 0) is 68.2 Å². The second-order valence-corrected chi connectivity index (χ2v) is 6.20. The van der Waals surface area contributed by atoms with E-state index in [4.69, 9.17) is 0 Å². The van der Waals surface area contributed by atoms with Gasteiger partial charge in [-0.2, -0.15) is 0 Å². The molecule has 3 nitrogen and oxygen atoms in total. The molecule has 0 spiro atoms. The molecule has 2 saturated carbocycles. The van der Waals surface area contributed by atoms with E-state index in [1.54, 1.807) is 6.07 Å². The number of benzene rings is 1. The number of carbonyl (C=O) groups is 1. The van der Waals surface area contributed by atoms with Gasteiger partial charge >= 0.3 is 5.97 Å². The number of aromatic carboxylic acids is 1. The lowest BCUT2D eigenvalue weighted by Crippen LogP contribution is -2.26. The Morgan fingerprint density at radius 1 is 1.26 bits per heavy atom. The van der Waals surface area contributed by atoms with Gasteiger partial charge in [0.2, 0.25) is 0 Å². The van der Waals surface area contributed by atoms with Gasteiger partial charge in [-0.1, -0.05) is 6.42 Å². The van der Waals surface area contributed by atoms with E-state index in [0.29, 0.717) is 11.6 Å². The molecule has 2 aliphatic rings. The van der Waals surface area contributed by atoms with Crippen LogP contribution in [0.3, 0.4) is 0 Å². The zero-order valence-electron chi connectivity index (χ0n) is 11.6. The summed E-state index contributed by atoms with van der Waals surface area (Å²) >= 11 is 0. The van der Waals surface area contributed by atoms with E-state index >= 15 is 0 Å². The molecule has 0 aromatic heterocycles. The number of rotatable bonds is 3. The van der Waals surface area contributed by atoms with Crippen LogP contribution >= 0.6 is 0 Å². The average Bonchev–Trinajstić information content (AvgIpc) is 2.95. The van der Waals surface area contributed by atoms with Crippen molar-refractivity contribution in [2.75, 3.05) is 5.32 Å². The predicted molar refractivity (Wildman–Crippen MR) is 75.7 cm³/mol. The van der Waals surface area contributed by atoms with Crippen molar-refractivity contribution in [3.8, 4) is 0 Å². The van der Waals surface area contributed by atoms with E-state index in [0.717, 1.165) is 28.7 Å². The van der Waals surface area contributed by atoms with E-state index in [-0.39, 0.29) is 0 Å². The van der Waals surface area contributed by atoms with Gasteiger partial charge in [0, 0.05) is 11.7 Å². The first-order valence-corrected chi connectivity index (χ1v) is 7.15. The van der Waals surface area contributed by atoms with Crippen LogP contribution in [0, 0.1) is 25.7 Å². The molecule has 0 heterocycles. The molecule has 1 aromatic rings. The summed E-state index contributed by atoms with van der Waals surface area (Å²) < 4.78 is 0. The van der Waals surface area contributed by atoms with Gasteiger partial charge < -0.3 is 10.4 Å². The summed E-state index contributed by atoms with van der Waals surface area (Å²) in [5.74, 6) is 0.852. The maximum absolute atomic E-state index is 11.3. The number of hydrogen-bond donors (Lipinski definition) is 2. The summed E-state index contributed by atoms with van der Waals surface area (Å²) in [5.41, 5.74) is 3.31. The van der Waals surface area contributed by atoms with Crippen LogP contribution in [-0.4, -0.2) is 17.1 Å². The minimum atomic E-state index is -0.836. The molecule has 0 radical (unpaired) electrons. The summed E-state index contributed by atoms with van der Waals surface area (Å²) in [4.78, 5) is 11.3. The highest BCUT2D eigenvalue weighted by molar-refractivity contribution is 5.91. The smallest absolute Gasteiger partial charge is 0.336 e. The fourth-order valence-corrected chi connectivity index (χ4v) is 3.80. The Bertz CT molecular complexity index is 524. The Labute approximate surface area is 114 Å². The SMILES string of the molecule is Cc1cc(NC2CC3CCC2C3)cc(C(=O)O)c1C. The maximum Gasteiger partial charge on any atom is 0.336 e. The molecule has 19 heavy (non-hydrogen) atoms. The van der Waals surface area contributed by atoms with E-state index in [2.05, 4.69) is 11.4 Å². The monoisotopic (exact) mass is 259 g/mol. The molecule has 2 fully saturated rings. The molecule has 3 heteroatoms. The molecule has 3 atom stereocenters. The Balaban J connectivity index is 1.83. The third-order valence-corrected chi connectivity index (χ3v) is 4.99.